The van der Waals surface area contributed by atoms with Crippen LogP contribution in [0, 0.1) is 0 Å². The summed E-state index contributed by atoms with van der Waals surface area (Å²) in [6.07, 6.45) is 4.21. The Hall–Kier alpha value is -0.0400. The van der Waals surface area contributed by atoms with Gasteiger partial charge in [0.1, 0.15) is 0 Å². The molecule has 0 amide bonds. The van der Waals surface area contributed by atoms with Crippen molar-refractivity contribution in [3.8, 4) is 0 Å². The predicted octanol–water partition coefficient (Wildman–Crippen LogP) is 2.21. The summed E-state index contributed by atoms with van der Waals surface area (Å²) < 4.78 is 5.05. The number of hydrogen-bond acceptors (Lipinski definition) is 1. The minimum absolute atomic E-state index is 0.454. The third-order valence-electron chi connectivity index (χ3n) is 1.37. The van der Waals surface area contributed by atoms with Crippen LogP contribution in [0.1, 0.15) is 33.1 Å². The molecule has 0 aromatic rings. The Morgan fingerprint density at radius 1 is 1.50 bits per heavy atom. The Bertz CT molecular complexity index is 43.7. The summed E-state index contributed by atoms with van der Waals surface area (Å²) >= 11 is 0. The quantitative estimate of drug-likeness (QED) is 0.547. The fourth-order valence-corrected chi connectivity index (χ4v) is 0.609. The molecule has 1 atom stereocenters. The normalized spacial score (nSPS) is 13.9. The first-order valence-electron chi connectivity index (χ1n) is 3.34. The van der Waals surface area contributed by atoms with E-state index in [9.17, 15) is 0 Å². The van der Waals surface area contributed by atoms with Crippen LogP contribution in [0.2, 0.25) is 0 Å². The molecule has 0 saturated carbocycles. The van der Waals surface area contributed by atoms with Crippen molar-refractivity contribution in [3.05, 3.63) is 0 Å². The summed E-state index contributed by atoms with van der Waals surface area (Å²) in [6.45, 7) is 4.30. The fourth-order valence-electron chi connectivity index (χ4n) is 0.609. The van der Waals surface area contributed by atoms with Gasteiger partial charge < -0.3 is 4.74 Å². The highest BCUT2D eigenvalue weighted by Crippen LogP contribution is 2.01. The molecule has 0 aromatic carbocycles. The van der Waals surface area contributed by atoms with Crippen molar-refractivity contribution in [2.45, 2.75) is 39.2 Å². The fraction of sp³-hybridized carbons (Fsp3) is 1.00. The molecule has 0 fully saturated rings. The van der Waals surface area contributed by atoms with Crippen LogP contribution in [0.3, 0.4) is 0 Å². The van der Waals surface area contributed by atoms with Crippen LogP contribution in [-0.4, -0.2) is 13.2 Å². The van der Waals surface area contributed by atoms with Crippen LogP contribution in [0.5, 0.6) is 0 Å². The van der Waals surface area contributed by atoms with Gasteiger partial charge in [0.2, 0.25) is 0 Å². The monoisotopic (exact) mass is 116 g/mol. The van der Waals surface area contributed by atoms with Crippen molar-refractivity contribution in [3.63, 3.8) is 0 Å². The van der Waals surface area contributed by atoms with E-state index in [1.807, 2.05) is 0 Å². The molecule has 0 aliphatic heterocycles. The van der Waals surface area contributed by atoms with Crippen molar-refractivity contribution in [1.82, 2.24) is 0 Å². The first kappa shape index (κ1) is 7.96. The van der Waals surface area contributed by atoms with E-state index in [0.717, 1.165) is 0 Å². The number of unbranched alkanes of at least 4 members (excludes halogenated alkanes) is 1. The molecule has 50 valence electrons. The minimum Gasteiger partial charge on any atom is -0.382 e. The summed E-state index contributed by atoms with van der Waals surface area (Å²) in [4.78, 5) is 0. The third kappa shape index (κ3) is 4.13. The Morgan fingerprint density at radius 3 is 2.50 bits per heavy atom. The van der Waals surface area contributed by atoms with Gasteiger partial charge in [0.25, 0.3) is 0 Å². The molecule has 0 saturated heterocycles. The van der Waals surface area contributed by atoms with Gasteiger partial charge in [-0.1, -0.05) is 19.8 Å². The first-order chi connectivity index (χ1) is 3.81. The average Bonchev–Trinajstić information content (AvgIpc) is 1.83. The Kier molecular flexibility index (Phi) is 5.08. The first-order valence-corrected chi connectivity index (χ1v) is 3.34. The molecule has 1 heteroatoms. The summed E-state index contributed by atoms with van der Waals surface area (Å²) in [5.41, 5.74) is 0. The lowest BCUT2D eigenvalue weighted by atomic mass is 10.2. The molecule has 0 radical (unpaired) electrons. The largest absolute Gasteiger partial charge is 0.382 e. The summed E-state index contributed by atoms with van der Waals surface area (Å²) in [5, 5.41) is 0. The molecule has 0 heterocycles. The smallest absolute Gasteiger partial charge is 0.0543 e. The summed E-state index contributed by atoms with van der Waals surface area (Å²) in [6, 6.07) is 0. The molecule has 0 rings (SSSR count). The Labute approximate surface area is 52.0 Å². The summed E-state index contributed by atoms with van der Waals surface area (Å²) in [7, 11) is 1.76. The second-order valence-electron chi connectivity index (χ2n) is 2.19. The second-order valence-corrected chi connectivity index (χ2v) is 2.19. The van der Waals surface area contributed by atoms with Crippen LogP contribution in [0.4, 0.5) is 0 Å². The van der Waals surface area contributed by atoms with Crippen LogP contribution in [0.25, 0.3) is 0 Å². The number of methoxy groups -OCH3 is 1. The van der Waals surface area contributed by atoms with Gasteiger partial charge in [-0.15, -0.1) is 0 Å². The minimum atomic E-state index is 0.454. The molecule has 0 unspecified atom stereocenters. The molecule has 0 aromatic heterocycles. The van der Waals surface area contributed by atoms with Gasteiger partial charge in [0.15, 0.2) is 0 Å². The molecule has 1 nitrogen and oxygen atoms in total. The van der Waals surface area contributed by atoms with Crippen LogP contribution < -0.4 is 0 Å². The molecule has 0 aliphatic carbocycles. The molecular formula is C7H16O. The van der Waals surface area contributed by atoms with Gasteiger partial charge in [-0.3, -0.25) is 0 Å². The van der Waals surface area contributed by atoms with Crippen molar-refractivity contribution >= 4 is 0 Å². The van der Waals surface area contributed by atoms with Crippen LogP contribution >= 0.6 is 0 Å². The van der Waals surface area contributed by atoms with Gasteiger partial charge in [-0.05, 0) is 13.3 Å². The highest BCUT2D eigenvalue weighted by molar-refractivity contribution is 4.46. The maximum Gasteiger partial charge on any atom is 0.0543 e. The molecule has 0 spiro atoms. The molecule has 0 N–H and O–H groups in total. The van der Waals surface area contributed by atoms with Gasteiger partial charge in [0.05, 0.1) is 6.10 Å². The van der Waals surface area contributed by atoms with E-state index in [0.29, 0.717) is 6.10 Å². The Balaban J connectivity index is 2.86. The Morgan fingerprint density at radius 2 is 2.12 bits per heavy atom. The van der Waals surface area contributed by atoms with Crippen molar-refractivity contribution < 1.29 is 4.74 Å². The zero-order valence-electron chi connectivity index (χ0n) is 6.11. The van der Waals surface area contributed by atoms with Crippen molar-refractivity contribution in [2.24, 2.45) is 0 Å². The van der Waals surface area contributed by atoms with E-state index < -0.39 is 0 Å². The van der Waals surface area contributed by atoms with Gasteiger partial charge in [-0.2, -0.15) is 0 Å². The molecule has 0 bridgehead atoms. The lowest BCUT2D eigenvalue weighted by Crippen LogP contribution is -2.02. The van der Waals surface area contributed by atoms with E-state index in [1.54, 1.807) is 7.11 Å². The van der Waals surface area contributed by atoms with Gasteiger partial charge >= 0.3 is 0 Å². The topological polar surface area (TPSA) is 9.23 Å². The van der Waals surface area contributed by atoms with Crippen molar-refractivity contribution in [2.75, 3.05) is 7.11 Å². The highest BCUT2D eigenvalue weighted by Gasteiger charge is 1.94. The maximum absolute atomic E-state index is 5.05. The van der Waals surface area contributed by atoms with Gasteiger partial charge in [0, 0.05) is 7.11 Å². The molecule has 0 aliphatic rings. The van der Waals surface area contributed by atoms with E-state index in [1.165, 1.54) is 19.3 Å². The van der Waals surface area contributed by atoms with E-state index in [-0.39, 0.29) is 0 Å². The average molecular weight is 116 g/mol. The van der Waals surface area contributed by atoms with E-state index >= 15 is 0 Å². The lowest BCUT2D eigenvalue weighted by Gasteiger charge is -2.06. The van der Waals surface area contributed by atoms with E-state index in [4.69, 9.17) is 4.74 Å². The molecular weight excluding hydrogens is 100 g/mol. The zero-order valence-corrected chi connectivity index (χ0v) is 6.11. The predicted molar refractivity (Wildman–Crippen MR) is 36.0 cm³/mol. The SMILES string of the molecule is CCCC[C@H](C)OC. The third-order valence-corrected chi connectivity index (χ3v) is 1.37. The highest BCUT2D eigenvalue weighted by atomic mass is 16.5. The van der Waals surface area contributed by atoms with Gasteiger partial charge in [-0.25, -0.2) is 0 Å². The number of hydrogen-bond donors (Lipinski definition) is 0. The maximum atomic E-state index is 5.05. The number of ether oxygens (including phenoxy) is 1. The standard InChI is InChI=1S/C7H16O/c1-4-5-6-7(2)8-3/h7H,4-6H2,1-3H3/t7-/m0/s1. The number of rotatable bonds is 4. The summed E-state index contributed by atoms with van der Waals surface area (Å²) in [5.74, 6) is 0. The van der Waals surface area contributed by atoms with Crippen LogP contribution in [-0.2, 0) is 4.74 Å². The molecule has 8 heavy (non-hydrogen) atoms. The zero-order chi connectivity index (χ0) is 6.41. The van der Waals surface area contributed by atoms with E-state index in [2.05, 4.69) is 13.8 Å². The van der Waals surface area contributed by atoms with Crippen LogP contribution in [0.15, 0.2) is 0 Å². The second kappa shape index (κ2) is 5.10. The lowest BCUT2D eigenvalue weighted by molar-refractivity contribution is 0.109. The van der Waals surface area contributed by atoms with Crippen molar-refractivity contribution in [1.29, 1.82) is 0 Å².